The van der Waals surface area contributed by atoms with Crippen molar-refractivity contribution in [3.63, 3.8) is 0 Å². The molecule has 0 radical (unpaired) electrons. The fourth-order valence-electron chi connectivity index (χ4n) is 0.490. The van der Waals surface area contributed by atoms with Gasteiger partial charge < -0.3 is 5.73 Å². The van der Waals surface area contributed by atoms with Gasteiger partial charge in [0.25, 0.3) is 0 Å². The van der Waals surface area contributed by atoms with Crippen molar-refractivity contribution in [3.8, 4) is 0 Å². The van der Waals surface area contributed by atoms with Crippen LogP contribution in [0.4, 0.5) is 0 Å². The van der Waals surface area contributed by atoms with Crippen molar-refractivity contribution in [2.24, 2.45) is 5.73 Å². The van der Waals surface area contributed by atoms with Gasteiger partial charge in [0.15, 0.2) is 0 Å². The van der Waals surface area contributed by atoms with Crippen LogP contribution in [0.3, 0.4) is 0 Å². The minimum Gasteiger partial charge on any atom is -0.326 e. The van der Waals surface area contributed by atoms with E-state index in [2.05, 4.69) is 31.9 Å². The summed E-state index contributed by atoms with van der Waals surface area (Å²) in [4.78, 5) is 0. The second kappa shape index (κ2) is 3.14. The Morgan fingerprint density at radius 2 is 2.22 bits per heavy atom. The first-order valence-electron chi connectivity index (χ1n) is 2.37. The van der Waals surface area contributed by atoms with E-state index in [1.165, 1.54) is 0 Å². The molecule has 1 aromatic rings. The number of rotatable bonds is 1. The summed E-state index contributed by atoms with van der Waals surface area (Å²) < 4.78 is 2.21. The second-order valence-corrected chi connectivity index (χ2v) is 4.54. The van der Waals surface area contributed by atoms with Gasteiger partial charge in [0, 0.05) is 11.0 Å². The fraction of sp³-hybridized carbons (Fsp3) is 0.200. The SMILES string of the molecule is NCc1csc(Br)c1Br. The van der Waals surface area contributed by atoms with E-state index in [1.807, 2.05) is 5.38 Å². The summed E-state index contributed by atoms with van der Waals surface area (Å²) in [6.07, 6.45) is 0. The van der Waals surface area contributed by atoms with Gasteiger partial charge in [-0.3, -0.25) is 0 Å². The monoisotopic (exact) mass is 269 g/mol. The predicted molar refractivity (Wildman–Crippen MR) is 47.6 cm³/mol. The van der Waals surface area contributed by atoms with Crippen molar-refractivity contribution in [2.45, 2.75) is 6.54 Å². The van der Waals surface area contributed by atoms with Crippen LogP contribution in [0.1, 0.15) is 5.56 Å². The average Bonchev–Trinajstić information content (AvgIpc) is 2.15. The zero-order valence-corrected chi connectivity index (χ0v) is 8.51. The smallest absolute Gasteiger partial charge is 0.0843 e. The Morgan fingerprint density at radius 3 is 2.44 bits per heavy atom. The Kier molecular flexibility index (Phi) is 2.70. The number of halogens is 2. The third kappa shape index (κ3) is 1.55. The molecule has 0 aliphatic carbocycles. The molecule has 0 amide bonds. The largest absolute Gasteiger partial charge is 0.326 e. The van der Waals surface area contributed by atoms with Crippen LogP contribution >= 0.6 is 43.2 Å². The van der Waals surface area contributed by atoms with Crippen molar-refractivity contribution >= 4 is 43.2 Å². The highest BCUT2D eigenvalue weighted by Crippen LogP contribution is 2.32. The molecule has 0 saturated heterocycles. The minimum absolute atomic E-state index is 0.600. The molecule has 1 nitrogen and oxygen atoms in total. The molecule has 2 N–H and O–H groups in total. The molecule has 0 spiro atoms. The highest BCUT2D eigenvalue weighted by Gasteiger charge is 2.02. The number of thiophene rings is 1. The van der Waals surface area contributed by atoms with E-state index in [1.54, 1.807) is 11.3 Å². The number of hydrogen-bond acceptors (Lipinski definition) is 2. The lowest BCUT2D eigenvalue weighted by atomic mass is 10.4. The molecule has 0 aliphatic heterocycles. The summed E-state index contributed by atoms with van der Waals surface area (Å²) in [5.74, 6) is 0. The topological polar surface area (TPSA) is 26.0 Å². The second-order valence-electron chi connectivity index (χ2n) is 1.55. The van der Waals surface area contributed by atoms with Gasteiger partial charge in [0.1, 0.15) is 0 Å². The average molecular weight is 271 g/mol. The van der Waals surface area contributed by atoms with Gasteiger partial charge in [-0.2, -0.15) is 0 Å². The molecule has 50 valence electrons. The van der Waals surface area contributed by atoms with E-state index in [4.69, 9.17) is 5.73 Å². The molecule has 1 rings (SSSR count). The number of hydrogen-bond donors (Lipinski definition) is 1. The van der Waals surface area contributed by atoms with E-state index < -0.39 is 0 Å². The maximum Gasteiger partial charge on any atom is 0.0843 e. The molecular formula is C5H5Br2NS. The lowest BCUT2D eigenvalue weighted by Gasteiger charge is -1.88. The van der Waals surface area contributed by atoms with Gasteiger partial charge >= 0.3 is 0 Å². The first kappa shape index (κ1) is 7.72. The van der Waals surface area contributed by atoms with Crippen LogP contribution in [0.5, 0.6) is 0 Å². The van der Waals surface area contributed by atoms with Crippen LogP contribution in [0.2, 0.25) is 0 Å². The summed E-state index contributed by atoms with van der Waals surface area (Å²) in [5.41, 5.74) is 6.58. The Labute approximate surface area is 74.5 Å². The molecule has 0 atom stereocenters. The van der Waals surface area contributed by atoms with E-state index in [0.29, 0.717) is 6.54 Å². The van der Waals surface area contributed by atoms with Gasteiger partial charge in [-0.15, -0.1) is 11.3 Å². The van der Waals surface area contributed by atoms with Crippen LogP contribution < -0.4 is 5.73 Å². The predicted octanol–water partition coefficient (Wildman–Crippen LogP) is 2.73. The Balaban J connectivity index is 3.04. The van der Waals surface area contributed by atoms with E-state index in [9.17, 15) is 0 Å². The van der Waals surface area contributed by atoms with Gasteiger partial charge in [-0.25, -0.2) is 0 Å². The van der Waals surface area contributed by atoms with Crippen molar-refractivity contribution in [1.29, 1.82) is 0 Å². The quantitative estimate of drug-likeness (QED) is 0.835. The summed E-state index contributed by atoms with van der Waals surface area (Å²) in [6, 6.07) is 0. The zero-order chi connectivity index (χ0) is 6.85. The van der Waals surface area contributed by atoms with Crippen LogP contribution in [-0.2, 0) is 6.54 Å². The van der Waals surface area contributed by atoms with Crippen molar-refractivity contribution in [3.05, 3.63) is 19.2 Å². The molecule has 0 fully saturated rings. The molecular weight excluding hydrogens is 266 g/mol. The molecule has 0 aromatic carbocycles. The normalized spacial score (nSPS) is 10.1. The van der Waals surface area contributed by atoms with Crippen molar-refractivity contribution < 1.29 is 0 Å². The van der Waals surface area contributed by atoms with Crippen LogP contribution in [-0.4, -0.2) is 0 Å². The highest BCUT2D eigenvalue weighted by atomic mass is 79.9. The van der Waals surface area contributed by atoms with Crippen LogP contribution in [0.15, 0.2) is 13.6 Å². The summed E-state index contributed by atoms with van der Waals surface area (Å²) in [7, 11) is 0. The zero-order valence-electron chi connectivity index (χ0n) is 4.53. The first-order chi connectivity index (χ1) is 4.25. The summed E-state index contributed by atoms with van der Waals surface area (Å²) >= 11 is 8.41. The molecule has 0 unspecified atom stereocenters. The van der Waals surface area contributed by atoms with E-state index >= 15 is 0 Å². The Bertz CT molecular complexity index is 209. The third-order valence-corrected chi connectivity index (χ3v) is 4.45. The van der Waals surface area contributed by atoms with Gasteiger partial charge in [-0.1, -0.05) is 0 Å². The molecule has 0 saturated carbocycles. The fourth-order valence-corrected chi connectivity index (χ4v) is 2.43. The molecule has 1 heterocycles. The van der Waals surface area contributed by atoms with Crippen molar-refractivity contribution in [2.75, 3.05) is 0 Å². The van der Waals surface area contributed by atoms with Gasteiger partial charge in [0.05, 0.1) is 3.79 Å². The molecule has 1 aromatic heterocycles. The summed E-state index contributed by atoms with van der Waals surface area (Å²) in [6.45, 7) is 0.600. The lowest BCUT2D eigenvalue weighted by Crippen LogP contribution is -1.93. The van der Waals surface area contributed by atoms with Gasteiger partial charge in [-0.05, 0) is 42.8 Å². The number of nitrogens with two attached hydrogens (primary N) is 1. The maximum atomic E-state index is 5.42. The molecule has 9 heavy (non-hydrogen) atoms. The van der Waals surface area contributed by atoms with E-state index in [-0.39, 0.29) is 0 Å². The molecule has 0 bridgehead atoms. The molecule has 0 aliphatic rings. The highest BCUT2D eigenvalue weighted by molar-refractivity contribution is 9.13. The lowest BCUT2D eigenvalue weighted by molar-refractivity contribution is 1.07. The van der Waals surface area contributed by atoms with Gasteiger partial charge in [0.2, 0.25) is 0 Å². The minimum atomic E-state index is 0.600. The molecule has 4 heteroatoms. The van der Waals surface area contributed by atoms with Crippen molar-refractivity contribution in [1.82, 2.24) is 0 Å². The third-order valence-electron chi connectivity index (χ3n) is 0.979. The van der Waals surface area contributed by atoms with Crippen LogP contribution in [0, 0.1) is 0 Å². The summed E-state index contributed by atoms with van der Waals surface area (Å²) in [5, 5.41) is 2.04. The Morgan fingerprint density at radius 1 is 1.56 bits per heavy atom. The standard InChI is InChI=1S/C5H5Br2NS/c6-4-3(1-8)2-9-5(4)7/h2H,1,8H2. The maximum absolute atomic E-state index is 5.42. The first-order valence-corrected chi connectivity index (χ1v) is 4.83. The van der Waals surface area contributed by atoms with E-state index in [0.717, 1.165) is 13.8 Å². The Hall–Kier alpha value is 0.620. The van der Waals surface area contributed by atoms with Crippen LogP contribution in [0.25, 0.3) is 0 Å².